The molecule has 5 nitrogen and oxygen atoms in total. The summed E-state index contributed by atoms with van der Waals surface area (Å²) in [7, 11) is -3.44. The van der Waals surface area contributed by atoms with Crippen molar-refractivity contribution in [1.82, 2.24) is 0 Å². The molecule has 2 rings (SSSR count). The summed E-state index contributed by atoms with van der Waals surface area (Å²) in [6.45, 7) is 0. The molecule has 0 aliphatic rings. The van der Waals surface area contributed by atoms with E-state index in [1.54, 1.807) is 0 Å². The van der Waals surface area contributed by atoms with E-state index < -0.39 is 57.7 Å². The zero-order valence-corrected chi connectivity index (χ0v) is 14.8. The zero-order valence-electron chi connectivity index (χ0n) is 12.5. The van der Waals surface area contributed by atoms with E-state index in [9.17, 15) is 34.4 Å². The number of hydrogen-bond acceptors (Lipinski definition) is 5. The van der Waals surface area contributed by atoms with Gasteiger partial charge in [-0.3, -0.25) is 0 Å². The molecule has 0 aliphatic carbocycles. The Morgan fingerprint density at radius 3 is 1.65 bits per heavy atom. The van der Waals surface area contributed by atoms with Crippen molar-refractivity contribution in [2.45, 2.75) is 9.79 Å². The second kappa shape index (κ2) is 8.48. The van der Waals surface area contributed by atoms with Crippen LogP contribution in [0.2, 0.25) is 0 Å². The smallest absolute Gasteiger partial charge is 0.223 e. The Hall–Kier alpha value is -2.16. The summed E-state index contributed by atoms with van der Waals surface area (Å²) < 4.78 is 94.1. The maximum absolute atomic E-state index is 13.0. The number of sulfone groups is 1. The van der Waals surface area contributed by atoms with Crippen LogP contribution in [0.4, 0.5) is 17.6 Å². The summed E-state index contributed by atoms with van der Waals surface area (Å²) in [6.07, 6.45) is 0. The van der Waals surface area contributed by atoms with E-state index in [1.165, 1.54) is 6.07 Å². The number of nitriles is 1. The molecule has 26 heavy (non-hydrogen) atoms. The van der Waals surface area contributed by atoms with Gasteiger partial charge in [-0.15, -0.1) is 0 Å². The van der Waals surface area contributed by atoms with Gasteiger partial charge in [0.1, 0.15) is 15.5 Å². The highest BCUT2D eigenvalue weighted by molar-refractivity contribution is 8.13. The van der Waals surface area contributed by atoms with E-state index in [4.69, 9.17) is 15.9 Å². The molecule has 0 unspecified atom stereocenters. The van der Waals surface area contributed by atoms with E-state index in [0.29, 0.717) is 0 Å². The molecule has 12 heteroatoms. The number of rotatable bonds is 3. The molecule has 0 bridgehead atoms. The first-order valence-electron chi connectivity index (χ1n) is 6.34. The molecule has 0 aromatic heterocycles. The largest absolute Gasteiger partial charge is 0.264 e. The minimum atomic E-state index is -4.20. The van der Waals surface area contributed by atoms with Gasteiger partial charge < -0.3 is 0 Å². The van der Waals surface area contributed by atoms with Crippen LogP contribution in [0.5, 0.6) is 0 Å². The second-order valence-corrected chi connectivity index (χ2v) is 8.95. The van der Waals surface area contributed by atoms with Crippen molar-refractivity contribution in [3.8, 4) is 6.07 Å². The normalized spacial score (nSPS) is 11.2. The molecule has 0 amide bonds. The van der Waals surface area contributed by atoms with E-state index in [2.05, 4.69) is 0 Å². The van der Waals surface area contributed by atoms with Crippen LogP contribution in [0.1, 0.15) is 0 Å². The van der Waals surface area contributed by atoms with Crippen LogP contribution in [-0.2, 0) is 18.9 Å². The van der Waals surface area contributed by atoms with Crippen LogP contribution in [0.25, 0.3) is 0 Å². The summed E-state index contributed by atoms with van der Waals surface area (Å²) >= 11 is 0. The molecular weight excluding hydrogens is 422 g/mol. The highest BCUT2D eigenvalue weighted by Crippen LogP contribution is 2.20. The summed E-state index contributed by atoms with van der Waals surface area (Å²) in [4.78, 5) is -1.62. The Morgan fingerprint density at radius 2 is 1.27 bits per heavy atom. The lowest BCUT2D eigenvalue weighted by molar-refractivity contribution is 0.485. The lowest BCUT2D eigenvalue weighted by atomic mass is 10.3. The lowest BCUT2D eigenvalue weighted by Crippen LogP contribution is -2.08. The third-order valence-electron chi connectivity index (χ3n) is 2.68. The number of halogens is 5. The fourth-order valence-corrected chi connectivity index (χ4v) is 3.45. The van der Waals surface area contributed by atoms with Gasteiger partial charge in [0, 0.05) is 10.7 Å². The molecule has 0 saturated heterocycles. The first-order chi connectivity index (χ1) is 11.9. The monoisotopic (exact) mass is 429 g/mol. The maximum atomic E-state index is 13.0. The van der Waals surface area contributed by atoms with Crippen molar-refractivity contribution in [2.24, 2.45) is 0 Å². The Bertz CT molecular complexity index is 1070. The molecule has 0 fully saturated rings. The van der Waals surface area contributed by atoms with Crippen molar-refractivity contribution >= 4 is 29.6 Å². The summed E-state index contributed by atoms with van der Waals surface area (Å²) in [5, 5.41) is 8.18. The minimum absolute atomic E-state index is 0.779. The molecule has 2 aromatic rings. The summed E-state index contributed by atoms with van der Waals surface area (Å²) in [5.41, 5.74) is 0. The SMILES string of the molecule is N#CCS(=O)(=O)c1cccc(F)c1F.O=S(=O)(Cl)c1cccc(F)c1F. The molecule has 2 aromatic carbocycles. The average Bonchev–Trinajstić information content (AvgIpc) is 2.52. The maximum Gasteiger partial charge on any atom is 0.264 e. The molecule has 0 saturated carbocycles. The van der Waals surface area contributed by atoms with Crippen LogP contribution in [0.15, 0.2) is 46.2 Å². The van der Waals surface area contributed by atoms with Crippen LogP contribution in [0.3, 0.4) is 0 Å². The molecule has 0 heterocycles. The Morgan fingerprint density at radius 1 is 0.846 bits per heavy atom. The van der Waals surface area contributed by atoms with Gasteiger partial charge >= 0.3 is 0 Å². The Kier molecular flexibility index (Phi) is 7.14. The quantitative estimate of drug-likeness (QED) is 0.552. The second-order valence-electron chi connectivity index (χ2n) is 4.46. The highest BCUT2D eigenvalue weighted by atomic mass is 35.7. The van der Waals surface area contributed by atoms with E-state index >= 15 is 0 Å². The third-order valence-corrected chi connectivity index (χ3v) is 5.52. The number of benzene rings is 2. The molecule has 0 spiro atoms. The van der Waals surface area contributed by atoms with Gasteiger partial charge in [0.25, 0.3) is 9.05 Å². The Labute approximate surface area is 150 Å². The van der Waals surface area contributed by atoms with Crippen molar-refractivity contribution in [1.29, 1.82) is 5.26 Å². The predicted molar refractivity (Wildman–Crippen MR) is 83.4 cm³/mol. The summed E-state index contributed by atoms with van der Waals surface area (Å²) in [6, 6.07) is 6.94. The van der Waals surface area contributed by atoms with Crippen LogP contribution in [-0.4, -0.2) is 22.6 Å². The number of nitrogens with zero attached hydrogens (tertiary/aromatic N) is 1. The number of hydrogen-bond donors (Lipinski definition) is 0. The topological polar surface area (TPSA) is 92.1 Å². The van der Waals surface area contributed by atoms with Crippen LogP contribution >= 0.6 is 10.7 Å². The lowest BCUT2D eigenvalue weighted by Gasteiger charge is -2.01. The predicted octanol–water partition coefficient (Wildman–Crippen LogP) is 3.15. The van der Waals surface area contributed by atoms with E-state index in [1.807, 2.05) is 0 Å². The average molecular weight is 430 g/mol. The molecule has 0 radical (unpaired) electrons. The van der Waals surface area contributed by atoms with E-state index in [0.717, 1.165) is 36.4 Å². The molecule has 0 atom stereocenters. The summed E-state index contributed by atoms with van der Waals surface area (Å²) in [5.74, 6) is -6.25. The van der Waals surface area contributed by atoms with Gasteiger partial charge in [-0.25, -0.2) is 34.4 Å². The van der Waals surface area contributed by atoms with Gasteiger partial charge in [-0.2, -0.15) is 5.26 Å². The first kappa shape index (κ1) is 21.9. The fraction of sp³-hybridized carbons (Fsp3) is 0.0714. The first-order valence-corrected chi connectivity index (χ1v) is 10.3. The van der Waals surface area contributed by atoms with Gasteiger partial charge in [0.05, 0.1) is 6.07 Å². The molecule has 0 N–H and O–H groups in total. The molecule has 140 valence electrons. The van der Waals surface area contributed by atoms with Gasteiger partial charge in [-0.1, -0.05) is 12.1 Å². The van der Waals surface area contributed by atoms with Crippen molar-refractivity contribution < 1.29 is 34.4 Å². The van der Waals surface area contributed by atoms with E-state index in [-0.39, 0.29) is 0 Å². The molecular formula is C14H8ClF4NO4S2. The van der Waals surface area contributed by atoms with Crippen molar-refractivity contribution in [2.75, 3.05) is 5.75 Å². The van der Waals surface area contributed by atoms with Crippen LogP contribution < -0.4 is 0 Å². The van der Waals surface area contributed by atoms with Crippen LogP contribution in [0, 0.1) is 34.6 Å². The molecule has 0 aliphatic heterocycles. The van der Waals surface area contributed by atoms with Gasteiger partial charge in [0.2, 0.25) is 0 Å². The van der Waals surface area contributed by atoms with Gasteiger partial charge in [0.15, 0.2) is 33.1 Å². The van der Waals surface area contributed by atoms with Crippen molar-refractivity contribution in [3.05, 3.63) is 59.7 Å². The fourth-order valence-electron chi connectivity index (χ4n) is 1.56. The van der Waals surface area contributed by atoms with Gasteiger partial charge in [-0.05, 0) is 24.3 Å². The third kappa shape index (κ3) is 5.42. The zero-order chi connectivity index (χ0) is 20.1. The standard InChI is InChI=1S/C8H5F2NO2S.C6H3ClF2O2S/c9-6-2-1-3-7(8(6)10)14(12,13)5-4-11;7-12(10,11)5-3-1-2-4(8)6(5)9/h1-3H,5H2;1-3H. The van der Waals surface area contributed by atoms with Crippen molar-refractivity contribution in [3.63, 3.8) is 0 Å². The minimum Gasteiger partial charge on any atom is -0.223 e. The Balaban J connectivity index is 0.000000263. The highest BCUT2D eigenvalue weighted by Gasteiger charge is 2.21.